The zero-order valence-corrected chi connectivity index (χ0v) is 23.3. The third-order valence-corrected chi connectivity index (χ3v) is 9.14. The van der Waals surface area contributed by atoms with Crippen LogP contribution in [0.3, 0.4) is 0 Å². The van der Waals surface area contributed by atoms with E-state index in [1.807, 2.05) is 67.6 Å². The van der Waals surface area contributed by atoms with E-state index in [2.05, 4.69) is 17.6 Å². The molecule has 6 rings (SSSR count). The van der Waals surface area contributed by atoms with Crippen molar-refractivity contribution in [3.63, 3.8) is 0 Å². The summed E-state index contributed by atoms with van der Waals surface area (Å²) in [6.07, 6.45) is 7.35. The summed E-state index contributed by atoms with van der Waals surface area (Å²) in [5.74, 6) is -1.23. The zero-order chi connectivity index (χ0) is 28.0. The molecule has 4 aliphatic rings. The van der Waals surface area contributed by atoms with Gasteiger partial charge in [-0.25, -0.2) is 0 Å². The van der Waals surface area contributed by atoms with Gasteiger partial charge in [0.2, 0.25) is 17.7 Å². The molecule has 2 bridgehead atoms. The maximum atomic E-state index is 14.2. The van der Waals surface area contributed by atoms with Gasteiger partial charge in [0, 0.05) is 18.3 Å². The van der Waals surface area contributed by atoms with E-state index in [0.29, 0.717) is 17.4 Å². The number of carbonyl (C=O) groups is 3. The molecule has 1 saturated carbocycles. The lowest BCUT2D eigenvalue weighted by Gasteiger charge is -2.36. The van der Waals surface area contributed by atoms with E-state index in [1.165, 1.54) is 0 Å². The number of fused-ring (bicyclic) bond motifs is 1. The van der Waals surface area contributed by atoms with E-state index in [0.717, 1.165) is 36.8 Å². The van der Waals surface area contributed by atoms with Crippen LogP contribution in [0.1, 0.15) is 43.7 Å². The molecular weight excluding hydrogens is 506 g/mol. The fraction of sp³-hybridized carbons (Fsp3) is 0.469. The predicted molar refractivity (Wildman–Crippen MR) is 150 cm³/mol. The normalized spacial score (nSPS) is 32.2. The van der Waals surface area contributed by atoms with Gasteiger partial charge in [0.15, 0.2) is 0 Å². The predicted octanol–water partition coefficient (Wildman–Crippen LogP) is 3.99. The third kappa shape index (κ3) is 4.48. The number of nitrogens with one attached hydrogen (secondary N) is 2. The molecule has 1 aliphatic carbocycles. The summed E-state index contributed by atoms with van der Waals surface area (Å²) in [4.78, 5) is 43.6. The van der Waals surface area contributed by atoms with Crippen LogP contribution in [0.5, 0.6) is 5.75 Å². The first-order chi connectivity index (χ1) is 19.3. The van der Waals surface area contributed by atoms with Crippen LogP contribution >= 0.6 is 0 Å². The topological polar surface area (TPSA) is 97.0 Å². The first-order valence-electron chi connectivity index (χ1n) is 14.3. The van der Waals surface area contributed by atoms with E-state index in [9.17, 15) is 14.4 Å². The van der Waals surface area contributed by atoms with Crippen molar-refractivity contribution in [1.82, 2.24) is 10.2 Å². The van der Waals surface area contributed by atoms with Crippen molar-refractivity contribution in [1.29, 1.82) is 0 Å². The van der Waals surface area contributed by atoms with Crippen molar-refractivity contribution in [2.45, 2.75) is 69.9 Å². The highest BCUT2D eigenvalue weighted by atomic mass is 16.5. The van der Waals surface area contributed by atoms with Crippen LogP contribution in [0.4, 0.5) is 5.69 Å². The van der Waals surface area contributed by atoms with Crippen LogP contribution in [0, 0.1) is 24.7 Å². The monoisotopic (exact) mass is 543 g/mol. The summed E-state index contributed by atoms with van der Waals surface area (Å²) >= 11 is 0. The molecule has 2 saturated heterocycles. The van der Waals surface area contributed by atoms with E-state index < -0.39 is 29.6 Å². The summed E-state index contributed by atoms with van der Waals surface area (Å²) in [6.45, 7) is 4.34. The van der Waals surface area contributed by atoms with Crippen molar-refractivity contribution in [3.8, 4) is 5.75 Å². The first kappa shape index (κ1) is 26.6. The van der Waals surface area contributed by atoms with E-state index >= 15 is 0 Å². The second-order valence-corrected chi connectivity index (χ2v) is 11.8. The number of nitrogens with zero attached hydrogens (tertiary/aromatic N) is 1. The number of amides is 3. The highest BCUT2D eigenvalue weighted by Gasteiger charge is 2.72. The van der Waals surface area contributed by atoms with Gasteiger partial charge in [-0.3, -0.25) is 14.4 Å². The summed E-state index contributed by atoms with van der Waals surface area (Å²) < 4.78 is 11.9. The standard InChI is InChI=1S/C32H37N3O5/c1-19-8-6-11-22(16-19)33-29(36)26-25-14-15-32(40-25)27(26)31(38)35(18-21-10-7-12-23(17-21)39-3)28(32)30(37)34-24-13-5-4-9-20(24)2/h6-8,10-12,14-17,20,24-28H,4-5,9,13,18H2,1-3H3,(H,33,36)(H,34,37). The van der Waals surface area contributed by atoms with Gasteiger partial charge in [-0.15, -0.1) is 0 Å². The Morgan fingerprint density at radius 3 is 2.67 bits per heavy atom. The number of methoxy groups -OCH3 is 1. The van der Waals surface area contributed by atoms with Gasteiger partial charge >= 0.3 is 0 Å². The van der Waals surface area contributed by atoms with Gasteiger partial charge in [0.1, 0.15) is 17.4 Å². The quantitative estimate of drug-likeness (QED) is 0.515. The molecule has 3 aliphatic heterocycles. The summed E-state index contributed by atoms with van der Waals surface area (Å²) in [5, 5.41) is 6.27. The van der Waals surface area contributed by atoms with E-state index in [-0.39, 0.29) is 30.3 Å². The molecule has 7 unspecified atom stereocenters. The number of anilines is 1. The largest absolute Gasteiger partial charge is 0.497 e. The van der Waals surface area contributed by atoms with Crippen LogP contribution in [-0.4, -0.2) is 53.5 Å². The number of hydrogen-bond acceptors (Lipinski definition) is 5. The molecule has 1 spiro atoms. The van der Waals surface area contributed by atoms with Crippen molar-refractivity contribution in [3.05, 3.63) is 71.8 Å². The molecule has 2 aromatic carbocycles. The molecule has 8 heteroatoms. The smallest absolute Gasteiger partial charge is 0.246 e. The molecule has 40 heavy (non-hydrogen) atoms. The molecule has 3 fully saturated rings. The first-order valence-corrected chi connectivity index (χ1v) is 14.3. The SMILES string of the molecule is COc1cccc(CN2C(=O)C3C(C(=O)Nc4cccc(C)c4)C4C=CC3(O4)C2C(=O)NC2CCCCC2C)c1. The highest BCUT2D eigenvalue weighted by molar-refractivity contribution is 6.02. The number of benzene rings is 2. The summed E-state index contributed by atoms with van der Waals surface area (Å²) in [6, 6.07) is 14.2. The Morgan fingerprint density at radius 2 is 1.90 bits per heavy atom. The molecule has 2 N–H and O–H groups in total. The van der Waals surface area contributed by atoms with Crippen molar-refractivity contribution in [2.75, 3.05) is 12.4 Å². The fourth-order valence-corrected chi connectivity index (χ4v) is 7.15. The lowest BCUT2D eigenvalue weighted by atomic mass is 9.74. The molecule has 3 amide bonds. The van der Waals surface area contributed by atoms with Gasteiger partial charge < -0.3 is 25.0 Å². The van der Waals surface area contributed by atoms with Gasteiger partial charge in [-0.1, -0.05) is 56.2 Å². The average molecular weight is 544 g/mol. The number of ether oxygens (including phenoxy) is 2. The molecule has 0 radical (unpaired) electrons. The number of hydrogen-bond donors (Lipinski definition) is 2. The summed E-state index contributed by atoms with van der Waals surface area (Å²) in [7, 11) is 1.60. The molecule has 2 aromatic rings. The molecule has 0 aromatic heterocycles. The maximum Gasteiger partial charge on any atom is 0.246 e. The Hall–Kier alpha value is -3.65. The van der Waals surface area contributed by atoms with Gasteiger partial charge in [0.25, 0.3) is 0 Å². The molecule has 3 heterocycles. The van der Waals surface area contributed by atoms with E-state index in [4.69, 9.17) is 9.47 Å². The average Bonchev–Trinajstić information content (AvgIpc) is 3.57. The van der Waals surface area contributed by atoms with Crippen LogP contribution in [0.25, 0.3) is 0 Å². The van der Waals surface area contributed by atoms with Crippen LogP contribution in [0.2, 0.25) is 0 Å². The molecule has 8 nitrogen and oxygen atoms in total. The minimum Gasteiger partial charge on any atom is -0.497 e. The van der Waals surface area contributed by atoms with Gasteiger partial charge in [0.05, 0.1) is 25.0 Å². The molecule has 7 atom stereocenters. The minimum absolute atomic E-state index is 0.0495. The van der Waals surface area contributed by atoms with Crippen molar-refractivity contribution >= 4 is 23.4 Å². The Balaban J connectivity index is 1.34. The van der Waals surface area contributed by atoms with Crippen LogP contribution < -0.4 is 15.4 Å². The highest BCUT2D eigenvalue weighted by Crippen LogP contribution is 2.55. The molecule has 210 valence electrons. The second kappa shape index (κ2) is 10.4. The molecular formula is C32H37N3O5. The Labute approximate surface area is 235 Å². The number of likely N-dealkylation sites (tertiary alicyclic amines) is 1. The number of aryl methyl sites for hydroxylation is 1. The van der Waals surface area contributed by atoms with Crippen molar-refractivity contribution < 1.29 is 23.9 Å². The number of carbonyl (C=O) groups excluding carboxylic acids is 3. The fourth-order valence-electron chi connectivity index (χ4n) is 7.15. The van der Waals surface area contributed by atoms with E-state index in [1.54, 1.807) is 12.0 Å². The van der Waals surface area contributed by atoms with Crippen molar-refractivity contribution in [2.24, 2.45) is 17.8 Å². The Morgan fingerprint density at radius 1 is 1.10 bits per heavy atom. The Bertz CT molecular complexity index is 1360. The van der Waals surface area contributed by atoms with Crippen LogP contribution in [0.15, 0.2) is 60.7 Å². The minimum atomic E-state index is -1.20. The summed E-state index contributed by atoms with van der Waals surface area (Å²) in [5.41, 5.74) is 1.34. The number of rotatable bonds is 7. The lowest BCUT2D eigenvalue weighted by molar-refractivity contribution is -0.142. The lowest BCUT2D eigenvalue weighted by Crippen LogP contribution is -2.57. The Kier molecular flexibility index (Phi) is 6.90. The third-order valence-electron chi connectivity index (χ3n) is 9.14. The van der Waals surface area contributed by atoms with Gasteiger partial charge in [-0.2, -0.15) is 0 Å². The maximum absolute atomic E-state index is 14.2. The van der Waals surface area contributed by atoms with Gasteiger partial charge in [-0.05, 0) is 61.1 Å². The second-order valence-electron chi connectivity index (χ2n) is 11.8. The zero-order valence-electron chi connectivity index (χ0n) is 23.3. The van der Waals surface area contributed by atoms with Crippen LogP contribution in [-0.2, 0) is 25.7 Å².